The Morgan fingerprint density at radius 3 is 2.28 bits per heavy atom. The van der Waals surface area contributed by atoms with Gasteiger partial charge in [-0.3, -0.25) is 13.9 Å². The standard InChI is InChI=1S/C14H8F8N4O2S/c15-12(16,14(20,21)22)5-25-2-6(1-23-25)8-9(13(17,18)19)24-11-26(10(8)28)3-7(4-27)29-11/h1-3,27H,4-5H2. The van der Waals surface area contributed by atoms with Crippen molar-refractivity contribution in [2.75, 3.05) is 0 Å². The van der Waals surface area contributed by atoms with E-state index < -0.39 is 53.8 Å². The van der Waals surface area contributed by atoms with Crippen LogP contribution in [0.25, 0.3) is 16.1 Å². The second kappa shape index (κ2) is 6.76. The minimum atomic E-state index is -5.90. The van der Waals surface area contributed by atoms with Crippen LogP contribution in [-0.4, -0.2) is 36.4 Å². The number of nitrogens with zero attached hydrogens (tertiary/aromatic N) is 4. The number of hydrogen-bond acceptors (Lipinski definition) is 5. The van der Waals surface area contributed by atoms with Crippen molar-refractivity contribution in [3.63, 3.8) is 0 Å². The highest BCUT2D eigenvalue weighted by Crippen LogP contribution is 2.38. The molecule has 0 fully saturated rings. The third kappa shape index (κ3) is 3.83. The molecule has 15 heteroatoms. The topological polar surface area (TPSA) is 72.4 Å². The molecule has 3 aromatic rings. The molecule has 0 unspecified atom stereocenters. The summed E-state index contributed by atoms with van der Waals surface area (Å²) >= 11 is 0.618. The minimum Gasteiger partial charge on any atom is -0.391 e. The van der Waals surface area contributed by atoms with Gasteiger partial charge in [0, 0.05) is 18.0 Å². The largest absolute Gasteiger partial charge is 0.455 e. The SMILES string of the molecule is O=c1c(-c2cnn(CC(F)(F)C(F)(F)F)c2)c(C(F)(F)F)nc2sc(CO)cn12. The molecule has 0 saturated carbocycles. The summed E-state index contributed by atoms with van der Waals surface area (Å²) in [6, 6.07) is 0. The lowest BCUT2D eigenvalue weighted by atomic mass is 10.1. The summed E-state index contributed by atoms with van der Waals surface area (Å²) in [5, 5.41) is 12.3. The van der Waals surface area contributed by atoms with Crippen molar-refractivity contribution in [3.05, 3.63) is 39.5 Å². The van der Waals surface area contributed by atoms with Crippen LogP contribution in [0.15, 0.2) is 23.4 Å². The van der Waals surface area contributed by atoms with Gasteiger partial charge in [-0.15, -0.1) is 0 Å². The molecule has 0 radical (unpaired) electrons. The maximum atomic E-state index is 13.4. The maximum Gasteiger partial charge on any atom is 0.455 e. The van der Waals surface area contributed by atoms with Gasteiger partial charge in [-0.1, -0.05) is 11.3 Å². The Morgan fingerprint density at radius 2 is 1.72 bits per heavy atom. The number of aromatic nitrogens is 4. The first kappa shape index (κ1) is 21.2. The molecule has 3 rings (SSSR count). The Morgan fingerprint density at radius 1 is 1.07 bits per heavy atom. The second-order valence-electron chi connectivity index (χ2n) is 5.78. The van der Waals surface area contributed by atoms with Crippen molar-refractivity contribution in [2.24, 2.45) is 0 Å². The molecule has 6 nitrogen and oxygen atoms in total. The Balaban J connectivity index is 2.16. The molecule has 0 atom stereocenters. The van der Waals surface area contributed by atoms with E-state index in [2.05, 4.69) is 10.1 Å². The van der Waals surface area contributed by atoms with Crippen molar-refractivity contribution in [2.45, 2.75) is 31.4 Å². The van der Waals surface area contributed by atoms with E-state index in [9.17, 15) is 39.9 Å². The molecule has 0 bridgehead atoms. The molecular weight excluding hydrogens is 440 g/mol. The highest BCUT2D eigenvalue weighted by molar-refractivity contribution is 7.17. The zero-order chi connectivity index (χ0) is 21.8. The summed E-state index contributed by atoms with van der Waals surface area (Å²) in [5.74, 6) is -5.19. The predicted molar refractivity (Wildman–Crippen MR) is 82.5 cm³/mol. The molecule has 3 aromatic heterocycles. The van der Waals surface area contributed by atoms with Crippen LogP contribution in [0.1, 0.15) is 10.6 Å². The second-order valence-corrected chi connectivity index (χ2v) is 6.87. The average Bonchev–Trinajstić information content (AvgIpc) is 3.19. The van der Waals surface area contributed by atoms with E-state index in [-0.39, 0.29) is 14.5 Å². The van der Waals surface area contributed by atoms with E-state index in [0.29, 0.717) is 28.1 Å². The summed E-state index contributed by atoms with van der Waals surface area (Å²) in [6.45, 7) is -2.56. The number of rotatable bonds is 4. The van der Waals surface area contributed by atoms with Gasteiger partial charge in [-0.2, -0.15) is 40.2 Å². The molecule has 0 saturated heterocycles. The summed E-state index contributed by atoms with van der Waals surface area (Å²) in [6.07, 6.45) is -8.95. The number of halogens is 8. The molecule has 0 amide bonds. The minimum absolute atomic E-state index is 0.0874. The number of alkyl halides is 8. The molecule has 29 heavy (non-hydrogen) atoms. The highest BCUT2D eigenvalue weighted by Gasteiger charge is 2.57. The molecular formula is C14H8F8N4O2S. The van der Waals surface area contributed by atoms with Crippen LogP contribution in [0.4, 0.5) is 35.1 Å². The molecule has 3 heterocycles. The zero-order valence-corrected chi connectivity index (χ0v) is 14.5. The van der Waals surface area contributed by atoms with Crippen LogP contribution >= 0.6 is 11.3 Å². The predicted octanol–water partition coefficient (Wildman–Crippen LogP) is 3.33. The van der Waals surface area contributed by atoms with E-state index in [1.54, 1.807) is 0 Å². The first-order chi connectivity index (χ1) is 13.2. The fourth-order valence-corrected chi connectivity index (χ4v) is 3.23. The van der Waals surface area contributed by atoms with Gasteiger partial charge in [0.2, 0.25) is 0 Å². The Hall–Kier alpha value is -2.55. The lowest BCUT2D eigenvalue weighted by molar-refractivity contribution is -0.287. The van der Waals surface area contributed by atoms with Crippen LogP contribution in [0.2, 0.25) is 0 Å². The third-order valence-electron chi connectivity index (χ3n) is 3.70. The lowest BCUT2D eigenvalue weighted by Crippen LogP contribution is -2.40. The van der Waals surface area contributed by atoms with Gasteiger partial charge in [0.1, 0.15) is 6.54 Å². The summed E-state index contributed by atoms with van der Waals surface area (Å²) in [5.41, 5.74) is -4.62. The number of aliphatic hydroxyl groups is 1. The maximum absolute atomic E-state index is 13.4. The van der Waals surface area contributed by atoms with Crippen molar-refractivity contribution >= 4 is 16.3 Å². The summed E-state index contributed by atoms with van der Waals surface area (Å²) < 4.78 is 104. The molecule has 1 N–H and O–H groups in total. The fraction of sp³-hybridized carbons (Fsp3) is 0.357. The summed E-state index contributed by atoms with van der Waals surface area (Å²) in [4.78, 5) is 15.7. The smallest absolute Gasteiger partial charge is 0.391 e. The van der Waals surface area contributed by atoms with Crippen molar-refractivity contribution < 1.29 is 40.2 Å². The molecule has 158 valence electrons. The number of thiazole rings is 1. The summed E-state index contributed by atoms with van der Waals surface area (Å²) in [7, 11) is 0. The monoisotopic (exact) mass is 448 g/mol. The normalized spacial score (nSPS) is 13.4. The van der Waals surface area contributed by atoms with Crippen molar-refractivity contribution in [1.29, 1.82) is 0 Å². The van der Waals surface area contributed by atoms with Crippen LogP contribution in [0.3, 0.4) is 0 Å². The number of fused-ring (bicyclic) bond motifs is 1. The van der Waals surface area contributed by atoms with Gasteiger partial charge in [-0.05, 0) is 0 Å². The van der Waals surface area contributed by atoms with E-state index >= 15 is 0 Å². The van der Waals surface area contributed by atoms with Crippen LogP contribution < -0.4 is 5.56 Å². The molecule has 0 aliphatic rings. The van der Waals surface area contributed by atoms with Crippen molar-refractivity contribution in [3.8, 4) is 11.1 Å². The van der Waals surface area contributed by atoms with Crippen LogP contribution in [-0.2, 0) is 19.3 Å². The average molecular weight is 448 g/mol. The lowest BCUT2D eigenvalue weighted by Gasteiger charge is -2.19. The quantitative estimate of drug-likeness (QED) is 0.622. The van der Waals surface area contributed by atoms with Crippen molar-refractivity contribution in [1.82, 2.24) is 19.2 Å². The highest BCUT2D eigenvalue weighted by atomic mass is 32.1. The van der Waals surface area contributed by atoms with E-state index in [1.807, 2.05) is 0 Å². The zero-order valence-electron chi connectivity index (χ0n) is 13.7. The van der Waals surface area contributed by atoms with Gasteiger partial charge < -0.3 is 5.11 Å². The Bertz CT molecular complexity index is 1110. The molecule has 0 aliphatic carbocycles. The number of hydrogen-bond donors (Lipinski definition) is 1. The molecule has 0 aromatic carbocycles. The fourth-order valence-electron chi connectivity index (χ4n) is 2.40. The van der Waals surface area contributed by atoms with Gasteiger partial charge in [0.25, 0.3) is 5.56 Å². The molecule has 0 aliphatic heterocycles. The Labute approximate surface area is 158 Å². The Kier molecular flexibility index (Phi) is 4.93. The number of aliphatic hydroxyl groups excluding tert-OH is 1. The first-order valence-electron chi connectivity index (χ1n) is 7.45. The molecule has 0 spiro atoms. The van der Waals surface area contributed by atoms with Gasteiger partial charge >= 0.3 is 18.3 Å². The van der Waals surface area contributed by atoms with Gasteiger partial charge in [-0.25, -0.2) is 4.98 Å². The van der Waals surface area contributed by atoms with Gasteiger partial charge in [0.05, 0.1) is 23.2 Å². The van der Waals surface area contributed by atoms with Crippen LogP contribution in [0.5, 0.6) is 0 Å². The van der Waals surface area contributed by atoms with E-state index in [1.165, 1.54) is 0 Å². The van der Waals surface area contributed by atoms with Gasteiger partial charge in [0.15, 0.2) is 10.7 Å². The first-order valence-corrected chi connectivity index (χ1v) is 8.27. The van der Waals surface area contributed by atoms with E-state index in [0.717, 1.165) is 6.20 Å². The van der Waals surface area contributed by atoms with Crippen LogP contribution in [0, 0.1) is 0 Å². The van der Waals surface area contributed by atoms with E-state index in [4.69, 9.17) is 5.11 Å². The third-order valence-corrected chi connectivity index (χ3v) is 4.67.